The lowest BCUT2D eigenvalue weighted by atomic mass is 10.1. The van der Waals surface area contributed by atoms with Crippen molar-refractivity contribution in [2.45, 2.75) is 13.3 Å². The molecule has 0 fully saturated rings. The van der Waals surface area contributed by atoms with Gasteiger partial charge in [0.1, 0.15) is 11.6 Å². The number of carbonyl (C=O) groups excluding carboxylic acids is 1. The molecule has 0 aliphatic carbocycles. The second kappa shape index (κ2) is 9.23. The summed E-state index contributed by atoms with van der Waals surface area (Å²) in [6.07, 6.45) is 3.87. The highest BCUT2D eigenvalue weighted by Gasteiger charge is 2.21. The molecule has 3 heterocycles. The van der Waals surface area contributed by atoms with Crippen LogP contribution >= 0.6 is 11.3 Å². The van der Waals surface area contributed by atoms with Crippen LogP contribution in [0.3, 0.4) is 0 Å². The first-order valence-electron chi connectivity index (χ1n) is 11.0. The molecule has 2 aromatic heterocycles. The molecule has 6 nitrogen and oxygen atoms in total. The summed E-state index contributed by atoms with van der Waals surface area (Å²) in [6, 6.07) is 15.9. The lowest BCUT2D eigenvalue weighted by Gasteiger charge is -2.18. The summed E-state index contributed by atoms with van der Waals surface area (Å²) in [4.78, 5) is 22.4. The molecule has 172 valence electrons. The van der Waals surface area contributed by atoms with Gasteiger partial charge in [-0.15, -0.1) is 11.3 Å². The summed E-state index contributed by atoms with van der Waals surface area (Å²) in [7, 11) is 1.94. The number of thiophene rings is 1. The molecule has 1 aliphatic rings. The summed E-state index contributed by atoms with van der Waals surface area (Å²) in [5, 5.41) is 3.58. The molecule has 1 aliphatic heterocycles. The highest BCUT2D eigenvalue weighted by atomic mass is 32.1. The standard InChI is InChI=1S/C26H23FN4O2S/c1-16-15-29-20-14-22(26-28-10-11-31(26)2)34-25(20)24(16)33-21-9-8-18(13-19(21)27)30-23(32)12-17-6-4-3-5-7-17/h3-11,13-14,16H,12,15H2,1-2H3,(H,30,32). The van der Waals surface area contributed by atoms with Crippen molar-refractivity contribution < 1.29 is 13.9 Å². The van der Waals surface area contributed by atoms with E-state index in [-0.39, 0.29) is 24.0 Å². The third kappa shape index (κ3) is 4.49. The maximum Gasteiger partial charge on any atom is 0.228 e. The van der Waals surface area contributed by atoms with E-state index < -0.39 is 5.82 Å². The highest BCUT2D eigenvalue weighted by Crippen LogP contribution is 2.27. The monoisotopic (exact) mass is 474 g/mol. The number of anilines is 1. The van der Waals surface area contributed by atoms with Crippen LogP contribution in [0.2, 0.25) is 0 Å². The number of rotatable bonds is 6. The van der Waals surface area contributed by atoms with Gasteiger partial charge in [-0.1, -0.05) is 37.3 Å². The first kappa shape index (κ1) is 22.0. The fourth-order valence-electron chi connectivity index (χ4n) is 3.84. The van der Waals surface area contributed by atoms with Gasteiger partial charge in [-0.05, 0) is 23.8 Å². The Kier molecular flexibility index (Phi) is 5.98. The Morgan fingerprint density at radius 1 is 1.24 bits per heavy atom. The lowest BCUT2D eigenvalue weighted by Crippen LogP contribution is -2.32. The molecule has 1 amide bonds. The minimum absolute atomic E-state index is 0.00465. The number of benzene rings is 2. The molecule has 4 aromatic rings. The molecule has 5 rings (SSSR count). The Morgan fingerprint density at radius 3 is 2.79 bits per heavy atom. The lowest BCUT2D eigenvalue weighted by molar-refractivity contribution is -0.115. The molecule has 0 saturated carbocycles. The highest BCUT2D eigenvalue weighted by molar-refractivity contribution is 7.13. The molecule has 1 atom stereocenters. The van der Waals surface area contributed by atoms with Crippen molar-refractivity contribution in [3.63, 3.8) is 0 Å². The van der Waals surface area contributed by atoms with E-state index in [1.165, 1.54) is 17.4 Å². The summed E-state index contributed by atoms with van der Waals surface area (Å²) < 4.78 is 23.9. The number of hydrogen-bond acceptors (Lipinski definition) is 5. The maximum absolute atomic E-state index is 14.9. The minimum atomic E-state index is -0.540. The van der Waals surface area contributed by atoms with Crippen LogP contribution in [-0.4, -0.2) is 22.0 Å². The van der Waals surface area contributed by atoms with Crippen LogP contribution in [0.4, 0.5) is 10.1 Å². The van der Waals surface area contributed by atoms with Gasteiger partial charge in [0.05, 0.1) is 21.2 Å². The van der Waals surface area contributed by atoms with Gasteiger partial charge < -0.3 is 14.6 Å². The van der Waals surface area contributed by atoms with Gasteiger partial charge in [-0.2, -0.15) is 0 Å². The summed E-state index contributed by atoms with van der Waals surface area (Å²) in [5.41, 5.74) is 1.28. The number of amides is 1. The van der Waals surface area contributed by atoms with Crippen LogP contribution in [0.5, 0.6) is 5.75 Å². The smallest absolute Gasteiger partial charge is 0.228 e. The summed E-state index contributed by atoms with van der Waals surface area (Å²) in [6.45, 7) is 2.58. The molecule has 0 spiro atoms. The first-order chi connectivity index (χ1) is 16.5. The van der Waals surface area contributed by atoms with E-state index in [0.717, 1.165) is 26.2 Å². The van der Waals surface area contributed by atoms with Crippen molar-refractivity contribution in [1.82, 2.24) is 9.55 Å². The largest absolute Gasteiger partial charge is 0.457 e. The average molecular weight is 475 g/mol. The minimum Gasteiger partial charge on any atom is -0.457 e. The van der Waals surface area contributed by atoms with Crippen LogP contribution in [0, 0.1) is 11.7 Å². The van der Waals surface area contributed by atoms with Gasteiger partial charge in [0.25, 0.3) is 0 Å². The predicted molar refractivity (Wildman–Crippen MR) is 131 cm³/mol. The number of nitrogens with zero attached hydrogens (tertiary/aromatic N) is 3. The number of hydrogen-bond donors (Lipinski definition) is 1. The molecule has 8 heteroatoms. The van der Waals surface area contributed by atoms with Crippen molar-refractivity contribution in [2.24, 2.45) is 18.0 Å². The van der Waals surface area contributed by atoms with E-state index in [2.05, 4.69) is 15.3 Å². The molecular formula is C26H23FN4O2S. The number of aryl methyl sites for hydroxylation is 1. The third-order valence-corrected chi connectivity index (χ3v) is 6.74. The van der Waals surface area contributed by atoms with Gasteiger partial charge in [0.2, 0.25) is 5.91 Å². The van der Waals surface area contributed by atoms with Crippen LogP contribution in [0.15, 0.2) is 72.0 Å². The number of imidazole rings is 1. The second-order valence-electron chi connectivity index (χ2n) is 8.25. The number of fused-ring (bicyclic) bond motifs is 1. The SMILES string of the molecule is CC1CN=c2cc(-c3nccn3C)sc2=C1Oc1ccc(NC(=O)Cc2ccccc2)cc1F. The quantitative estimate of drug-likeness (QED) is 0.461. The van der Waals surface area contributed by atoms with Gasteiger partial charge in [0, 0.05) is 43.7 Å². The third-order valence-electron chi connectivity index (χ3n) is 5.60. The molecule has 1 N–H and O–H groups in total. The van der Waals surface area contributed by atoms with E-state index in [9.17, 15) is 9.18 Å². The summed E-state index contributed by atoms with van der Waals surface area (Å²) >= 11 is 1.54. The Labute approximate surface area is 200 Å². The zero-order valence-corrected chi connectivity index (χ0v) is 19.6. The normalized spacial score (nSPS) is 14.9. The zero-order chi connectivity index (χ0) is 23.7. The van der Waals surface area contributed by atoms with Crippen molar-refractivity contribution >= 4 is 28.7 Å². The van der Waals surface area contributed by atoms with E-state index in [0.29, 0.717) is 18.0 Å². The Morgan fingerprint density at radius 2 is 2.06 bits per heavy atom. The molecule has 0 saturated heterocycles. The fraction of sp³-hybridized carbons (Fsp3) is 0.192. The maximum atomic E-state index is 14.9. The van der Waals surface area contributed by atoms with Crippen molar-refractivity contribution in [3.8, 4) is 16.5 Å². The number of nitrogens with one attached hydrogen (secondary N) is 1. The molecule has 0 bridgehead atoms. The van der Waals surface area contributed by atoms with Crippen LogP contribution in [0.1, 0.15) is 12.5 Å². The molecule has 1 unspecified atom stereocenters. The van der Waals surface area contributed by atoms with E-state index in [4.69, 9.17) is 4.74 Å². The number of ether oxygens (including phenoxy) is 1. The second-order valence-corrected chi connectivity index (χ2v) is 9.30. The number of aromatic nitrogens is 2. The van der Waals surface area contributed by atoms with E-state index in [1.807, 2.05) is 61.1 Å². The number of halogens is 1. The molecule has 0 radical (unpaired) electrons. The van der Waals surface area contributed by atoms with E-state index >= 15 is 0 Å². The van der Waals surface area contributed by atoms with Gasteiger partial charge >= 0.3 is 0 Å². The molecule has 34 heavy (non-hydrogen) atoms. The zero-order valence-electron chi connectivity index (χ0n) is 18.8. The van der Waals surface area contributed by atoms with Crippen molar-refractivity contribution in [3.05, 3.63) is 88.3 Å². The van der Waals surface area contributed by atoms with Gasteiger partial charge in [0.15, 0.2) is 11.6 Å². The van der Waals surface area contributed by atoms with Gasteiger partial charge in [-0.25, -0.2) is 9.37 Å². The van der Waals surface area contributed by atoms with Gasteiger partial charge in [-0.3, -0.25) is 9.79 Å². The number of carbonyl (C=O) groups is 1. The van der Waals surface area contributed by atoms with Crippen molar-refractivity contribution in [1.29, 1.82) is 0 Å². The van der Waals surface area contributed by atoms with Crippen LogP contribution in [0.25, 0.3) is 16.5 Å². The fourth-order valence-corrected chi connectivity index (χ4v) is 5.09. The molecular weight excluding hydrogens is 451 g/mol. The summed E-state index contributed by atoms with van der Waals surface area (Å²) in [5.74, 6) is 0.912. The van der Waals surface area contributed by atoms with Crippen molar-refractivity contribution in [2.75, 3.05) is 11.9 Å². The van der Waals surface area contributed by atoms with Crippen LogP contribution in [-0.2, 0) is 18.3 Å². The Hall–Kier alpha value is -3.78. The Bertz CT molecular complexity index is 1480. The first-order valence-corrected chi connectivity index (χ1v) is 11.8. The van der Waals surface area contributed by atoms with E-state index in [1.54, 1.807) is 18.3 Å². The predicted octanol–water partition coefficient (Wildman–Crippen LogP) is 3.93. The van der Waals surface area contributed by atoms with Crippen LogP contribution < -0.4 is 19.9 Å². The molecule has 2 aromatic carbocycles. The average Bonchev–Trinajstić information content (AvgIpc) is 3.43. The topological polar surface area (TPSA) is 68.5 Å². The Balaban J connectivity index is 1.39.